The van der Waals surface area contributed by atoms with Gasteiger partial charge in [0, 0.05) is 13.2 Å². The number of methoxy groups -OCH3 is 1. The minimum Gasteiger partial charge on any atom is -0.379 e. The Morgan fingerprint density at radius 2 is 2.06 bits per heavy atom. The first-order valence-corrected chi connectivity index (χ1v) is 5.90. The first-order chi connectivity index (χ1) is 7.84. The largest absolute Gasteiger partial charge is 0.379 e. The summed E-state index contributed by atoms with van der Waals surface area (Å²) >= 11 is 0. The van der Waals surface area contributed by atoms with E-state index in [2.05, 4.69) is 0 Å². The van der Waals surface area contributed by atoms with Gasteiger partial charge in [-0.05, 0) is 56.9 Å². The summed E-state index contributed by atoms with van der Waals surface area (Å²) in [4.78, 5) is 0. The molecule has 0 spiro atoms. The van der Waals surface area contributed by atoms with Crippen molar-refractivity contribution in [2.75, 3.05) is 7.11 Å². The molecule has 96 valence electrons. The molecule has 0 heterocycles. The van der Waals surface area contributed by atoms with E-state index in [4.69, 9.17) is 10.5 Å². The third-order valence-corrected chi connectivity index (χ3v) is 3.10. The summed E-state index contributed by atoms with van der Waals surface area (Å²) in [5.41, 5.74) is 7.91. The highest BCUT2D eigenvalue weighted by atomic mass is 19.1. The van der Waals surface area contributed by atoms with Crippen molar-refractivity contribution in [3.8, 4) is 0 Å². The lowest BCUT2D eigenvalue weighted by atomic mass is 9.93. The topological polar surface area (TPSA) is 35.2 Å². The molecule has 0 radical (unpaired) electrons. The maximum atomic E-state index is 13.1. The summed E-state index contributed by atoms with van der Waals surface area (Å²) in [6.07, 6.45) is 1.43. The fraction of sp³-hybridized carbons (Fsp3) is 0.571. The van der Waals surface area contributed by atoms with Crippen LogP contribution in [0.5, 0.6) is 0 Å². The lowest BCUT2D eigenvalue weighted by molar-refractivity contribution is 0.0102. The summed E-state index contributed by atoms with van der Waals surface area (Å²) < 4.78 is 18.5. The van der Waals surface area contributed by atoms with Gasteiger partial charge in [-0.2, -0.15) is 0 Å². The number of benzene rings is 1. The average molecular weight is 239 g/mol. The van der Waals surface area contributed by atoms with Crippen LogP contribution in [0.4, 0.5) is 4.39 Å². The third-order valence-electron chi connectivity index (χ3n) is 3.10. The highest BCUT2D eigenvalue weighted by Crippen LogP contribution is 2.19. The van der Waals surface area contributed by atoms with Crippen LogP contribution in [0, 0.1) is 12.7 Å². The molecule has 1 aromatic rings. The normalized spacial score (nSPS) is 13.8. The summed E-state index contributed by atoms with van der Waals surface area (Å²) in [6.45, 7) is 5.99. The van der Waals surface area contributed by atoms with Gasteiger partial charge in [-0.25, -0.2) is 4.39 Å². The van der Waals surface area contributed by atoms with Crippen LogP contribution in [-0.4, -0.2) is 18.8 Å². The van der Waals surface area contributed by atoms with E-state index < -0.39 is 0 Å². The predicted molar refractivity (Wildman–Crippen MR) is 68.5 cm³/mol. The van der Waals surface area contributed by atoms with Crippen LogP contribution in [0.15, 0.2) is 18.2 Å². The summed E-state index contributed by atoms with van der Waals surface area (Å²) in [5.74, 6) is -0.205. The Kier molecular flexibility index (Phi) is 4.66. The van der Waals surface area contributed by atoms with Gasteiger partial charge in [-0.15, -0.1) is 0 Å². The number of halogens is 1. The van der Waals surface area contributed by atoms with E-state index in [0.29, 0.717) is 6.42 Å². The Morgan fingerprint density at radius 3 is 2.65 bits per heavy atom. The van der Waals surface area contributed by atoms with E-state index in [-0.39, 0.29) is 17.5 Å². The average Bonchev–Trinajstić information content (AvgIpc) is 2.23. The second-order valence-electron chi connectivity index (χ2n) is 5.20. The molecular formula is C14H22FNO. The number of ether oxygens (including phenoxy) is 1. The van der Waals surface area contributed by atoms with Crippen molar-refractivity contribution in [3.63, 3.8) is 0 Å². The molecule has 1 aromatic carbocycles. The first kappa shape index (κ1) is 14.1. The SMILES string of the molecule is COC(C)(C)CC(N)Cc1cc(F)ccc1C. The molecule has 1 atom stereocenters. The van der Waals surface area contributed by atoms with Gasteiger partial charge in [-0.3, -0.25) is 0 Å². The molecule has 2 nitrogen and oxygen atoms in total. The molecule has 17 heavy (non-hydrogen) atoms. The molecule has 0 fully saturated rings. The van der Waals surface area contributed by atoms with Crippen LogP contribution in [0.1, 0.15) is 31.4 Å². The zero-order chi connectivity index (χ0) is 13.1. The minimum atomic E-state index is -0.235. The molecule has 0 aliphatic rings. The Hall–Kier alpha value is -0.930. The number of hydrogen-bond acceptors (Lipinski definition) is 2. The maximum absolute atomic E-state index is 13.1. The molecular weight excluding hydrogens is 217 g/mol. The van der Waals surface area contributed by atoms with E-state index >= 15 is 0 Å². The van der Waals surface area contributed by atoms with E-state index in [9.17, 15) is 4.39 Å². The fourth-order valence-corrected chi connectivity index (χ4v) is 1.93. The molecule has 0 amide bonds. The number of aryl methyl sites for hydroxylation is 1. The van der Waals surface area contributed by atoms with Crippen LogP contribution in [0.3, 0.4) is 0 Å². The summed E-state index contributed by atoms with van der Waals surface area (Å²) in [6, 6.07) is 4.81. The smallest absolute Gasteiger partial charge is 0.123 e. The number of nitrogens with two attached hydrogens (primary N) is 1. The van der Waals surface area contributed by atoms with E-state index in [0.717, 1.165) is 17.5 Å². The van der Waals surface area contributed by atoms with Gasteiger partial charge in [0.2, 0.25) is 0 Å². The van der Waals surface area contributed by atoms with Gasteiger partial charge >= 0.3 is 0 Å². The van der Waals surface area contributed by atoms with Gasteiger partial charge in [0.15, 0.2) is 0 Å². The third kappa shape index (κ3) is 4.44. The number of hydrogen-bond donors (Lipinski definition) is 1. The molecule has 1 unspecified atom stereocenters. The highest BCUT2D eigenvalue weighted by molar-refractivity contribution is 5.27. The Morgan fingerprint density at radius 1 is 1.41 bits per heavy atom. The van der Waals surface area contributed by atoms with Crippen molar-refractivity contribution >= 4 is 0 Å². The van der Waals surface area contributed by atoms with Crippen molar-refractivity contribution < 1.29 is 9.13 Å². The molecule has 0 bridgehead atoms. The zero-order valence-electron chi connectivity index (χ0n) is 11.1. The predicted octanol–water partition coefficient (Wildman–Crippen LogP) is 2.82. The molecule has 0 aromatic heterocycles. The van der Waals surface area contributed by atoms with E-state index in [1.54, 1.807) is 19.2 Å². The monoisotopic (exact) mass is 239 g/mol. The fourth-order valence-electron chi connectivity index (χ4n) is 1.93. The molecule has 1 rings (SSSR count). The lowest BCUT2D eigenvalue weighted by Gasteiger charge is -2.26. The first-order valence-electron chi connectivity index (χ1n) is 5.90. The highest BCUT2D eigenvalue weighted by Gasteiger charge is 2.21. The van der Waals surface area contributed by atoms with E-state index in [1.165, 1.54) is 6.07 Å². The van der Waals surface area contributed by atoms with Crippen LogP contribution in [0.25, 0.3) is 0 Å². The standard InChI is InChI=1S/C14H22FNO/c1-10-5-6-12(15)7-11(10)8-13(16)9-14(2,3)17-4/h5-7,13H,8-9,16H2,1-4H3. The molecule has 0 saturated carbocycles. The van der Waals surface area contributed by atoms with Crippen molar-refractivity contribution in [3.05, 3.63) is 35.1 Å². The van der Waals surface area contributed by atoms with E-state index in [1.807, 2.05) is 20.8 Å². The van der Waals surface area contributed by atoms with Crippen molar-refractivity contribution in [1.29, 1.82) is 0 Å². The van der Waals surface area contributed by atoms with Crippen molar-refractivity contribution in [1.82, 2.24) is 0 Å². The summed E-state index contributed by atoms with van der Waals surface area (Å²) in [5, 5.41) is 0. The quantitative estimate of drug-likeness (QED) is 0.857. The van der Waals surface area contributed by atoms with Crippen LogP contribution < -0.4 is 5.73 Å². The Labute approximate surface area is 103 Å². The van der Waals surface area contributed by atoms with Crippen molar-refractivity contribution in [2.45, 2.75) is 45.3 Å². The molecule has 0 saturated heterocycles. The van der Waals surface area contributed by atoms with Gasteiger partial charge in [0.1, 0.15) is 5.82 Å². The zero-order valence-corrected chi connectivity index (χ0v) is 11.1. The van der Waals surface area contributed by atoms with Gasteiger partial charge < -0.3 is 10.5 Å². The summed E-state index contributed by atoms with van der Waals surface area (Å²) in [7, 11) is 1.68. The Balaban J connectivity index is 2.68. The lowest BCUT2D eigenvalue weighted by Crippen LogP contribution is -2.35. The molecule has 2 N–H and O–H groups in total. The van der Waals surface area contributed by atoms with Gasteiger partial charge in [0.25, 0.3) is 0 Å². The van der Waals surface area contributed by atoms with Crippen LogP contribution in [-0.2, 0) is 11.2 Å². The Bertz CT molecular complexity index is 376. The number of rotatable bonds is 5. The second kappa shape index (κ2) is 5.61. The maximum Gasteiger partial charge on any atom is 0.123 e. The van der Waals surface area contributed by atoms with Gasteiger partial charge in [-0.1, -0.05) is 6.07 Å². The van der Waals surface area contributed by atoms with Crippen molar-refractivity contribution in [2.24, 2.45) is 5.73 Å². The minimum absolute atomic E-state index is 0.0227. The molecule has 0 aliphatic heterocycles. The second-order valence-corrected chi connectivity index (χ2v) is 5.20. The van der Waals surface area contributed by atoms with Crippen LogP contribution in [0.2, 0.25) is 0 Å². The van der Waals surface area contributed by atoms with Gasteiger partial charge in [0.05, 0.1) is 5.60 Å². The van der Waals surface area contributed by atoms with Crippen LogP contribution >= 0.6 is 0 Å². The molecule has 0 aliphatic carbocycles. The molecule has 3 heteroatoms.